The zero-order valence-electron chi connectivity index (χ0n) is 15.1. The van der Waals surface area contributed by atoms with Gasteiger partial charge < -0.3 is 0 Å². The number of hydrogen-bond donors (Lipinski definition) is 0. The zero-order chi connectivity index (χ0) is 18.1. The molecule has 136 valence electrons. The van der Waals surface area contributed by atoms with Crippen molar-refractivity contribution in [2.24, 2.45) is 0 Å². The molecule has 0 saturated carbocycles. The predicted molar refractivity (Wildman–Crippen MR) is 105 cm³/mol. The lowest BCUT2D eigenvalue weighted by atomic mass is 10.1. The van der Waals surface area contributed by atoms with Crippen LogP contribution in [0.1, 0.15) is 30.5 Å². The van der Waals surface area contributed by atoms with Gasteiger partial charge in [-0.2, -0.15) is 0 Å². The van der Waals surface area contributed by atoms with Gasteiger partial charge in [0.25, 0.3) is 10.0 Å². The molecule has 0 spiro atoms. The van der Waals surface area contributed by atoms with Crippen LogP contribution in [0.4, 0.5) is 0 Å². The van der Waals surface area contributed by atoms with Crippen molar-refractivity contribution in [3.63, 3.8) is 0 Å². The van der Waals surface area contributed by atoms with E-state index in [2.05, 4.69) is 4.90 Å². The molecule has 0 bridgehead atoms. The largest absolute Gasteiger partial charge is 0.298 e. The Bertz CT molecular complexity index is 1010. The van der Waals surface area contributed by atoms with Gasteiger partial charge in [0.2, 0.25) is 0 Å². The molecule has 1 aromatic heterocycles. The van der Waals surface area contributed by atoms with Gasteiger partial charge in [-0.05, 0) is 57.1 Å². The third kappa shape index (κ3) is 3.17. The first-order valence-corrected chi connectivity index (χ1v) is 10.6. The molecule has 4 nitrogen and oxygen atoms in total. The molecule has 4 rings (SSSR count). The van der Waals surface area contributed by atoms with E-state index in [0.717, 1.165) is 35.2 Å². The Morgan fingerprint density at radius 2 is 1.62 bits per heavy atom. The fourth-order valence-corrected chi connectivity index (χ4v) is 5.28. The van der Waals surface area contributed by atoms with Crippen LogP contribution in [0.5, 0.6) is 0 Å². The number of para-hydroxylation sites is 1. The van der Waals surface area contributed by atoms with Crippen molar-refractivity contribution < 1.29 is 8.42 Å². The number of rotatable bonds is 4. The highest BCUT2D eigenvalue weighted by Gasteiger charge is 2.24. The smallest absolute Gasteiger partial charge is 0.268 e. The SMILES string of the molecule is Cc1ccc(S(=O)(=O)n2c(CN3CCCCC3)cc3ccccc32)cc1. The van der Waals surface area contributed by atoms with E-state index < -0.39 is 10.0 Å². The van der Waals surface area contributed by atoms with Crippen molar-refractivity contribution in [1.82, 2.24) is 8.87 Å². The summed E-state index contributed by atoms with van der Waals surface area (Å²) in [5.74, 6) is 0. The number of piperidine rings is 1. The molecule has 26 heavy (non-hydrogen) atoms. The highest BCUT2D eigenvalue weighted by atomic mass is 32.2. The molecule has 1 aliphatic heterocycles. The molecule has 1 aliphatic rings. The number of likely N-dealkylation sites (tertiary alicyclic amines) is 1. The zero-order valence-corrected chi connectivity index (χ0v) is 15.9. The molecular weight excluding hydrogens is 344 g/mol. The molecule has 0 unspecified atom stereocenters. The van der Waals surface area contributed by atoms with Gasteiger partial charge in [0.1, 0.15) is 0 Å². The van der Waals surface area contributed by atoms with E-state index in [9.17, 15) is 8.42 Å². The summed E-state index contributed by atoms with van der Waals surface area (Å²) in [6.07, 6.45) is 3.64. The minimum absolute atomic E-state index is 0.337. The standard InChI is InChI=1S/C21H24N2O2S/c1-17-9-11-20(12-10-17)26(24,25)23-19(16-22-13-5-2-6-14-22)15-18-7-3-4-8-21(18)23/h3-4,7-12,15H,2,5-6,13-14,16H2,1H3. The van der Waals surface area contributed by atoms with E-state index in [-0.39, 0.29) is 0 Å². The van der Waals surface area contributed by atoms with Crippen molar-refractivity contribution in [3.05, 3.63) is 65.9 Å². The maximum absolute atomic E-state index is 13.4. The Hall–Kier alpha value is -2.11. The quantitative estimate of drug-likeness (QED) is 0.694. The van der Waals surface area contributed by atoms with Gasteiger partial charge in [-0.15, -0.1) is 0 Å². The van der Waals surface area contributed by atoms with E-state index in [1.807, 2.05) is 49.4 Å². The Morgan fingerprint density at radius 3 is 2.35 bits per heavy atom. The maximum Gasteiger partial charge on any atom is 0.268 e. The van der Waals surface area contributed by atoms with Gasteiger partial charge in [-0.25, -0.2) is 12.4 Å². The minimum Gasteiger partial charge on any atom is -0.298 e. The average molecular weight is 369 g/mol. The fraction of sp³-hybridized carbons (Fsp3) is 0.333. The Morgan fingerprint density at radius 1 is 0.923 bits per heavy atom. The lowest BCUT2D eigenvalue weighted by molar-refractivity contribution is 0.218. The van der Waals surface area contributed by atoms with E-state index in [1.165, 1.54) is 19.3 Å². The fourth-order valence-electron chi connectivity index (χ4n) is 3.74. The third-order valence-corrected chi connectivity index (χ3v) is 6.91. The molecule has 1 fully saturated rings. The molecule has 1 saturated heterocycles. The summed E-state index contributed by atoms with van der Waals surface area (Å²) in [5.41, 5.74) is 2.64. The van der Waals surface area contributed by atoms with Crippen molar-refractivity contribution in [1.29, 1.82) is 0 Å². The van der Waals surface area contributed by atoms with Crippen LogP contribution in [-0.4, -0.2) is 30.4 Å². The van der Waals surface area contributed by atoms with E-state index in [0.29, 0.717) is 11.4 Å². The second kappa shape index (κ2) is 6.89. The molecule has 0 N–H and O–H groups in total. The van der Waals surface area contributed by atoms with Crippen molar-refractivity contribution >= 4 is 20.9 Å². The van der Waals surface area contributed by atoms with Crippen molar-refractivity contribution in [2.45, 2.75) is 37.6 Å². The summed E-state index contributed by atoms with van der Waals surface area (Å²) in [7, 11) is -3.63. The van der Waals surface area contributed by atoms with Crippen LogP contribution in [0, 0.1) is 6.92 Å². The molecule has 0 aliphatic carbocycles. The van der Waals surface area contributed by atoms with Gasteiger partial charge in [0, 0.05) is 17.6 Å². The third-order valence-electron chi connectivity index (χ3n) is 5.13. The first-order valence-electron chi connectivity index (χ1n) is 9.20. The molecule has 0 atom stereocenters. The van der Waals surface area contributed by atoms with E-state index in [1.54, 1.807) is 16.1 Å². The number of nitrogens with zero attached hydrogens (tertiary/aromatic N) is 2. The number of hydrogen-bond acceptors (Lipinski definition) is 3. The first kappa shape index (κ1) is 17.3. The first-order chi connectivity index (χ1) is 12.6. The Labute approximate surface area is 155 Å². The number of fused-ring (bicyclic) bond motifs is 1. The lowest BCUT2D eigenvalue weighted by Gasteiger charge is -2.26. The summed E-state index contributed by atoms with van der Waals surface area (Å²) in [6.45, 7) is 4.70. The van der Waals surface area contributed by atoms with Gasteiger partial charge >= 0.3 is 0 Å². The molecule has 2 aromatic carbocycles. The summed E-state index contributed by atoms with van der Waals surface area (Å²) < 4.78 is 28.4. The number of aromatic nitrogens is 1. The molecule has 2 heterocycles. The lowest BCUT2D eigenvalue weighted by Crippen LogP contribution is -2.30. The Balaban J connectivity index is 1.84. The van der Waals surface area contributed by atoms with Gasteiger partial charge in [-0.3, -0.25) is 4.90 Å². The minimum atomic E-state index is -3.63. The second-order valence-electron chi connectivity index (χ2n) is 7.11. The van der Waals surface area contributed by atoms with Gasteiger partial charge in [0.05, 0.1) is 10.4 Å². The van der Waals surface area contributed by atoms with E-state index >= 15 is 0 Å². The average Bonchev–Trinajstić information content (AvgIpc) is 3.01. The summed E-state index contributed by atoms with van der Waals surface area (Å²) in [4.78, 5) is 2.70. The number of aryl methyl sites for hydroxylation is 1. The maximum atomic E-state index is 13.4. The van der Waals surface area contributed by atoms with Crippen molar-refractivity contribution in [3.8, 4) is 0 Å². The van der Waals surface area contributed by atoms with E-state index in [4.69, 9.17) is 0 Å². The highest BCUT2D eigenvalue weighted by molar-refractivity contribution is 7.90. The van der Waals surface area contributed by atoms with Crippen LogP contribution in [0.3, 0.4) is 0 Å². The van der Waals surface area contributed by atoms with Crippen molar-refractivity contribution in [2.75, 3.05) is 13.1 Å². The summed E-state index contributed by atoms with van der Waals surface area (Å²) in [6, 6.07) is 16.8. The number of benzene rings is 2. The van der Waals surface area contributed by atoms with Crippen LogP contribution < -0.4 is 0 Å². The normalized spacial score (nSPS) is 16.2. The second-order valence-corrected chi connectivity index (χ2v) is 8.90. The van der Waals surface area contributed by atoms with Crippen LogP contribution in [0.15, 0.2) is 59.5 Å². The van der Waals surface area contributed by atoms with Crippen LogP contribution in [0.2, 0.25) is 0 Å². The van der Waals surface area contributed by atoms with Gasteiger partial charge in [-0.1, -0.05) is 42.3 Å². The molecular formula is C21H24N2O2S. The molecule has 0 amide bonds. The highest BCUT2D eigenvalue weighted by Crippen LogP contribution is 2.27. The molecule has 0 radical (unpaired) electrons. The molecule has 3 aromatic rings. The predicted octanol–water partition coefficient (Wildman–Crippen LogP) is 4.17. The summed E-state index contributed by atoms with van der Waals surface area (Å²) in [5, 5.41) is 0.968. The van der Waals surface area contributed by atoms with Gasteiger partial charge in [0.15, 0.2) is 0 Å². The van der Waals surface area contributed by atoms with Crippen LogP contribution >= 0.6 is 0 Å². The molecule has 5 heteroatoms. The Kier molecular flexibility index (Phi) is 4.59. The topological polar surface area (TPSA) is 42.3 Å². The van der Waals surface area contributed by atoms with Crippen LogP contribution in [-0.2, 0) is 16.6 Å². The van der Waals surface area contributed by atoms with Crippen LogP contribution in [0.25, 0.3) is 10.9 Å². The monoisotopic (exact) mass is 368 g/mol. The summed E-state index contributed by atoms with van der Waals surface area (Å²) >= 11 is 0.